The normalized spacial score (nSPS) is 14.7. The van der Waals surface area contributed by atoms with Crippen LogP contribution in [0.25, 0.3) is 0 Å². The van der Waals surface area contributed by atoms with Crippen LogP contribution < -0.4 is 0 Å². The van der Waals surface area contributed by atoms with Crippen LogP contribution in [-0.4, -0.2) is 52.4 Å². The number of aromatic nitrogens is 1. The topological polar surface area (TPSA) is 45.6 Å². The fraction of sp³-hybridized carbons (Fsp3) is 0.455. The van der Waals surface area contributed by atoms with E-state index in [4.69, 9.17) is 0 Å². The first-order chi connectivity index (χ1) is 12.8. The molecule has 0 bridgehead atoms. The first-order valence-electron chi connectivity index (χ1n) is 9.61. The Morgan fingerprint density at radius 3 is 1.85 bits per heavy atom. The van der Waals surface area contributed by atoms with Crippen LogP contribution >= 0.6 is 0 Å². The third-order valence-corrected chi connectivity index (χ3v) is 5.68. The molecule has 0 unspecified atom stereocenters. The number of nitrogens with zero attached hydrogens (tertiary/aromatic N) is 3. The Bertz CT molecular complexity index is 841. The first-order valence-corrected chi connectivity index (χ1v) is 9.61. The molecule has 1 aliphatic heterocycles. The van der Waals surface area contributed by atoms with Crippen molar-refractivity contribution in [1.82, 2.24) is 14.4 Å². The average molecular weight is 367 g/mol. The molecule has 1 aromatic heterocycles. The summed E-state index contributed by atoms with van der Waals surface area (Å²) in [4.78, 5) is 29.3. The van der Waals surface area contributed by atoms with E-state index >= 15 is 0 Å². The molecular weight excluding hydrogens is 338 g/mol. The van der Waals surface area contributed by atoms with Gasteiger partial charge in [0.2, 0.25) is 0 Å². The zero-order valence-electron chi connectivity index (χ0n) is 17.0. The molecule has 5 nitrogen and oxygen atoms in total. The van der Waals surface area contributed by atoms with Gasteiger partial charge in [-0.15, -0.1) is 0 Å². The minimum absolute atomic E-state index is 0.0455. The van der Waals surface area contributed by atoms with Gasteiger partial charge in [-0.1, -0.05) is 26.0 Å². The molecule has 0 aliphatic carbocycles. The van der Waals surface area contributed by atoms with E-state index < -0.39 is 0 Å². The second-order valence-electron chi connectivity index (χ2n) is 7.70. The molecule has 27 heavy (non-hydrogen) atoms. The van der Waals surface area contributed by atoms with Crippen LogP contribution in [-0.2, 0) is 7.05 Å². The number of carbonyl (C=O) groups excluding carboxylic acids is 2. The van der Waals surface area contributed by atoms with Gasteiger partial charge in [0.1, 0.15) is 0 Å². The van der Waals surface area contributed by atoms with E-state index in [0.717, 1.165) is 17.0 Å². The van der Waals surface area contributed by atoms with Gasteiger partial charge in [0, 0.05) is 50.2 Å². The third kappa shape index (κ3) is 3.77. The number of rotatable bonds is 3. The van der Waals surface area contributed by atoms with Gasteiger partial charge < -0.3 is 14.4 Å². The Morgan fingerprint density at radius 1 is 0.889 bits per heavy atom. The monoisotopic (exact) mass is 367 g/mol. The van der Waals surface area contributed by atoms with Crippen LogP contribution in [0.5, 0.6) is 0 Å². The lowest BCUT2D eigenvalue weighted by molar-refractivity contribution is 0.0535. The summed E-state index contributed by atoms with van der Waals surface area (Å²) in [5.41, 5.74) is 4.78. The van der Waals surface area contributed by atoms with E-state index in [1.807, 2.05) is 65.6 Å². The summed E-state index contributed by atoms with van der Waals surface area (Å²) >= 11 is 0. The Labute approximate surface area is 161 Å². The second kappa shape index (κ2) is 7.59. The predicted molar refractivity (Wildman–Crippen MR) is 107 cm³/mol. The molecule has 0 N–H and O–H groups in total. The maximum Gasteiger partial charge on any atom is 0.255 e. The molecule has 2 heterocycles. The molecule has 0 saturated carbocycles. The van der Waals surface area contributed by atoms with Gasteiger partial charge >= 0.3 is 0 Å². The van der Waals surface area contributed by atoms with Crippen LogP contribution in [0.15, 0.2) is 30.3 Å². The molecule has 2 amide bonds. The van der Waals surface area contributed by atoms with E-state index in [-0.39, 0.29) is 11.8 Å². The molecule has 144 valence electrons. The largest absolute Gasteiger partial charge is 0.351 e. The van der Waals surface area contributed by atoms with Crippen molar-refractivity contribution >= 4 is 11.8 Å². The van der Waals surface area contributed by atoms with Crippen LogP contribution in [0.4, 0.5) is 0 Å². The highest BCUT2D eigenvalue weighted by atomic mass is 16.2. The number of hydrogen-bond donors (Lipinski definition) is 0. The van der Waals surface area contributed by atoms with E-state index in [1.165, 1.54) is 5.56 Å². The smallest absolute Gasteiger partial charge is 0.255 e. The van der Waals surface area contributed by atoms with Crippen molar-refractivity contribution in [2.75, 3.05) is 26.2 Å². The quantitative estimate of drug-likeness (QED) is 0.835. The molecule has 0 spiro atoms. The molecule has 0 atom stereocenters. The molecular formula is C22H29N3O2. The number of carbonyl (C=O) groups is 2. The van der Waals surface area contributed by atoms with Gasteiger partial charge in [-0.2, -0.15) is 0 Å². The highest BCUT2D eigenvalue weighted by Gasteiger charge is 2.27. The lowest BCUT2D eigenvalue weighted by Gasteiger charge is -2.35. The summed E-state index contributed by atoms with van der Waals surface area (Å²) < 4.78 is 2.04. The number of aryl methyl sites for hydroxylation is 1. The van der Waals surface area contributed by atoms with Gasteiger partial charge in [-0.25, -0.2) is 0 Å². The van der Waals surface area contributed by atoms with Crippen molar-refractivity contribution in [3.05, 3.63) is 58.4 Å². The van der Waals surface area contributed by atoms with Crippen molar-refractivity contribution in [3.8, 4) is 0 Å². The van der Waals surface area contributed by atoms with Gasteiger partial charge in [-0.05, 0) is 43.5 Å². The molecule has 1 saturated heterocycles. The number of piperazine rings is 1. The minimum Gasteiger partial charge on any atom is -0.351 e. The molecule has 3 rings (SSSR count). The van der Waals surface area contributed by atoms with Crippen LogP contribution in [0.3, 0.4) is 0 Å². The fourth-order valence-electron chi connectivity index (χ4n) is 3.55. The summed E-state index contributed by atoms with van der Waals surface area (Å²) in [5.74, 6) is 0.558. The van der Waals surface area contributed by atoms with Crippen molar-refractivity contribution in [3.63, 3.8) is 0 Å². The maximum atomic E-state index is 12.8. The second-order valence-corrected chi connectivity index (χ2v) is 7.70. The lowest BCUT2D eigenvalue weighted by Crippen LogP contribution is -2.50. The number of amides is 2. The van der Waals surface area contributed by atoms with E-state index in [9.17, 15) is 9.59 Å². The number of benzene rings is 1. The number of hydrogen-bond acceptors (Lipinski definition) is 2. The SMILES string of the molecule is Cc1cc(C(=O)N2CCN(C(=O)c3ccc(C(C)C)cc3)CC2)c(C)n1C. The third-order valence-electron chi connectivity index (χ3n) is 5.68. The highest BCUT2D eigenvalue weighted by Crippen LogP contribution is 2.19. The van der Waals surface area contributed by atoms with Crippen LogP contribution in [0.2, 0.25) is 0 Å². The van der Waals surface area contributed by atoms with E-state index in [0.29, 0.717) is 37.7 Å². The molecule has 1 fully saturated rings. The van der Waals surface area contributed by atoms with Gasteiger partial charge in [0.05, 0.1) is 5.56 Å². The molecule has 0 radical (unpaired) electrons. The van der Waals surface area contributed by atoms with Crippen LogP contribution in [0.1, 0.15) is 57.4 Å². The van der Waals surface area contributed by atoms with E-state index in [1.54, 1.807) is 0 Å². The Morgan fingerprint density at radius 2 is 1.41 bits per heavy atom. The molecule has 1 aliphatic rings. The lowest BCUT2D eigenvalue weighted by atomic mass is 10.0. The molecule has 2 aromatic rings. The summed E-state index contributed by atoms with van der Waals surface area (Å²) in [6, 6.07) is 9.82. The summed E-state index contributed by atoms with van der Waals surface area (Å²) in [6.45, 7) is 10.5. The zero-order chi connectivity index (χ0) is 19.7. The Kier molecular flexibility index (Phi) is 5.40. The van der Waals surface area contributed by atoms with E-state index in [2.05, 4.69) is 13.8 Å². The van der Waals surface area contributed by atoms with Crippen molar-refractivity contribution < 1.29 is 9.59 Å². The van der Waals surface area contributed by atoms with Gasteiger partial charge in [0.15, 0.2) is 0 Å². The van der Waals surface area contributed by atoms with Crippen molar-refractivity contribution in [1.29, 1.82) is 0 Å². The van der Waals surface area contributed by atoms with Crippen LogP contribution in [0, 0.1) is 13.8 Å². The average Bonchev–Trinajstić information content (AvgIpc) is 2.94. The van der Waals surface area contributed by atoms with Crippen molar-refractivity contribution in [2.24, 2.45) is 7.05 Å². The fourth-order valence-corrected chi connectivity index (χ4v) is 3.55. The Hall–Kier alpha value is -2.56. The van der Waals surface area contributed by atoms with Gasteiger partial charge in [-0.3, -0.25) is 9.59 Å². The van der Waals surface area contributed by atoms with Crippen molar-refractivity contribution in [2.45, 2.75) is 33.6 Å². The summed E-state index contributed by atoms with van der Waals surface area (Å²) in [5, 5.41) is 0. The van der Waals surface area contributed by atoms with Gasteiger partial charge in [0.25, 0.3) is 11.8 Å². The zero-order valence-corrected chi connectivity index (χ0v) is 17.0. The predicted octanol–water partition coefficient (Wildman–Crippen LogP) is 3.36. The standard InChI is InChI=1S/C22H29N3O2/c1-15(2)18-6-8-19(9-7-18)21(26)24-10-12-25(13-11-24)22(27)20-14-16(3)23(5)17(20)4/h6-9,14-15H,10-13H2,1-5H3. The first kappa shape index (κ1) is 19.2. The highest BCUT2D eigenvalue weighted by molar-refractivity contribution is 5.97. The maximum absolute atomic E-state index is 12.8. The summed E-state index contributed by atoms with van der Waals surface area (Å²) in [6.07, 6.45) is 0. The Balaban J connectivity index is 1.63. The minimum atomic E-state index is 0.0455. The summed E-state index contributed by atoms with van der Waals surface area (Å²) in [7, 11) is 1.97. The molecule has 1 aromatic carbocycles. The molecule has 5 heteroatoms.